The van der Waals surface area contributed by atoms with Crippen LogP contribution in [0.5, 0.6) is 11.5 Å². The van der Waals surface area contributed by atoms with Gasteiger partial charge in [-0.2, -0.15) is 0 Å². The first kappa shape index (κ1) is 20.8. The number of unbranched alkanes of at least 4 members (excludes halogenated alkanes) is 3. The molecule has 2 rings (SSSR count). The van der Waals surface area contributed by atoms with Crippen LogP contribution in [0.25, 0.3) is 0 Å². The van der Waals surface area contributed by atoms with Crippen molar-refractivity contribution in [2.24, 2.45) is 0 Å². The van der Waals surface area contributed by atoms with Crippen molar-refractivity contribution < 1.29 is 14.3 Å². The Bertz CT molecular complexity index is 581. The molecule has 0 aliphatic carbocycles. The Labute approximate surface area is 158 Å². The second kappa shape index (κ2) is 9.96. The molecule has 0 amide bonds. The van der Waals surface area contributed by atoms with Crippen LogP contribution in [0.1, 0.15) is 89.4 Å². The molecular formula is C22H35NO3. The van der Waals surface area contributed by atoms with E-state index in [1.165, 1.54) is 32.1 Å². The fourth-order valence-electron chi connectivity index (χ4n) is 3.64. The summed E-state index contributed by atoms with van der Waals surface area (Å²) in [6, 6.07) is 5.52. The zero-order chi connectivity index (χ0) is 19.0. The lowest BCUT2D eigenvalue weighted by Gasteiger charge is -2.37. The van der Waals surface area contributed by atoms with E-state index in [1.54, 1.807) is 0 Å². The van der Waals surface area contributed by atoms with Gasteiger partial charge < -0.3 is 9.47 Å². The van der Waals surface area contributed by atoms with Crippen LogP contribution in [0, 0.1) is 0 Å². The lowest BCUT2D eigenvalue weighted by molar-refractivity contribution is 0.0956. The number of fused-ring (bicyclic) bond motifs is 1. The second-order valence-electron chi connectivity index (χ2n) is 7.33. The molecule has 1 aromatic rings. The van der Waals surface area contributed by atoms with E-state index in [4.69, 9.17) is 9.47 Å². The smallest absolute Gasteiger partial charge is 0.203 e. The molecule has 1 atom stereocenters. The highest BCUT2D eigenvalue weighted by Crippen LogP contribution is 2.31. The maximum atomic E-state index is 11.7. The Morgan fingerprint density at radius 2 is 1.92 bits per heavy atom. The molecule has 0 bridgehead atoms. The number of benzene rings is 1. The van der Waals surface area contributed by atoms with Gasteiger partial charge in [0.15, 0.2) is 6.61 Å². The largest absolute Gasteiger partial charge is 0.485 e. The number of ketones is 1. The monoisotopic (exact) mass is 361 g/mol. The van der Waals surface area contributed by atoms with E-state index in [9.17, 15) is 4.79 Å². The number of hydrogen-bond donors (Lipinski definition) is 1. The molecular weight excluding hydrogens is 326 g/mol. The number of hydrogen-bond acceptors (Lipinski definition) is 4. The molecule has 1 unspecified atom stereocenters. The summed E-state index contributed by atoms with van der Waals surface area (Å²) in [5, 5.41) is 3.79. The molecule has 26 heavy (non-hydrogen) atoms. The van der Waals surface area contributed by atoms with Crippen LogP contribution in [-0.2, 0) is 0 Å². The summed E-state index contributed by atoms with van der Waals surface area (Å²) in [6.07, 6.45) is 9.34. The predicted octanol–water partition coefficient (Wildman–Crippen LogP) is 5.50. The van der Waals surface area contributed by atoms with Crippen LogP contribution in [0.15, 0.2) is 18.2 Å². The van der Waals surface area contributed by atoms with Gasteiger partial charge in [-0.05, 0) is 37.8 Å². The summed E-state index contributed by atoms with van der Waals surface area (Å²) in [5.41, 5.74) is 0.781. The van der Waals surface area contributed by atoms with Gasteiger partial charge in [-0.15, -0.1) is 0 Å². The van der Waals surface area contributed by atoms with Crippen molar-refractivity contribution in [1.29, 1.82) is 0 Å². The van der Waals surface area contributed by atoms with Gasteiger partial charge in [0.2, 0.25) is 5.78 Å². The Morgan fingerprint density at radius 1 is 1.15 bits per heavy atom. The number of ether oxygens (including phenoxy) is 2. The second-order valence-corrected chi connectivity index (χ2v) is 7.33. The standard InChI is InChI=1S/C22H35NO3/c1-5-9-10-11-14-22(7-3,8-4)23-21(6-2)26-17-12-13-18-19(24)16-25-20(18)15-17/h12-13,15,21,23H,5-11,14,16H2,1-4H3. The highest BCUT2D eigenvalue weighted by Gasteiger charge is 2.29. The van der Waals surface area contributed by atoms with Crippen molar-refractivity contribution in [3.8, 4) is 11.5 Å². The van der Waals surface area contributed by atoms with Crippen molar-refractivity contribution in [2.75, 3.05) is 6.61 Å². The Kier molecular flexibility index (Phi) is 7.95. The predicted molar refractivity (Wildman–Crippen MR) is 106 cm³/mol. The third kappa shape index (κ3) is 5.23. The molecule has 1 aromatic carbocycles. The van der Waals surface area contributed by atoms with Gasteiger partial charge in [-0.3, -0.25) is 10.1 Å². The molecule has 0 aromatic heterocycles. The molecule has 0 fully saturated rings. The third-order valence-electron chi connectivity index (χ3n) is 5.59. The first-order valence-electron chi connectivity index (χ1n) is 10.3. The lowest BCUT2D eigenvalue weighted by atomic mass is 9.86. The molecule has 0 saturated carbocycles. The van der Waals surface area contributed by atoms with Gasteiger partial charge in [0.05, 0.1) is 5.56 Å². The normalized spacial score (nSPS) is 14.8. The molecule has 146 valence electrons. The summed E-state index contributed by atoms with van der Waals surface area (Å²) in [7, 11) is 0. The Balaban J connectivity index is 2.00. The Morgan fingerprint density at radius 3 is 2.58 bits per heavy atom. The molecule has 1 aliphatic rings. The SMILES string of the molecule is CCCCCCC(CC)(CC)NC(CC)Oc1ccc2c(c1)OCC2=O. The van der Waals surface area contributed by atoms with Gasteiger partial charge in [0.1, 0.15) is 17.7 Å². The van der Waals surface area contributed by atoms with Crippen LogP contribution < -0.4 is 14.8 Å². The van der Waals surface area contributed by atoms with Crippen LogP contribution in [0.3, 0.4) is 0 Å². The molecule has 4 nitrogen and oxygen atoms in total. The fourth-order valence-corrected chi connectivity index (χ4v) is 3.64. The summed E-state index contributed by atoms with van der Waals surface area (Å²) in [4.78, 5) is 11.7. The maximum Gasteiger partial charge on any atom is 0.203 e. The lowest BCUT2D eigenvalue weighted by Crippen LogP contribution is -2.51. The van der Waals surface area contributed by atoms with Gasteiger partial charge in [-0.1, -0.05) is 53.4 Å². The molecule has 4 heteroatoms. The van der Waals surface area contributed by atoms with Crippen LogP contribution in [0.2, 0.25) is 0 Å². The zero-order valence-electron chi connectivity index (χ0n) is 16.9. The third-order valence-corrected chi connectivity index (χ3v) is 5.59. The number of nitrogens with one attached hydrogen (secondary N) is 1. The van der Waals surface area contributed by atoms with Crippen molar-refractivity contribution in [2.45, 2.75) is 90.8 Å². The van der Waals surface area contributed by atoms with Crippen molar-refractivity contribution >= 4 is 5.78 Å². The van der Waals surface area contributed by atoms with Crippen molar-refractivity contribution in [1.82, 2.24) is 5.32 Å². The van der Waals surface area contributed by atoms with Gasteiger partial charge >= 0.3 is 0 Å². The highest BCUT2D eigenvalue weighted by molar-refractivity contribution is 6.02. The first-order chi connectivity index (χ1) is 12.6. The van der Waals surface area contributed by atoms with E-state index in [1.807, 2.05) is 18.2 Å². The summed E-state index contributed by atoms with van der Waals surface area (Å²) < 4.78 is 11.6. The summed E-state index contributed by atoms with van der Waals surface area (Å²) in [5.74, 6) is 1.43. The topological polar surface area (TPSA) is 47.6 Å². The van der Waals surface area contributed by atoms with Crippen LogP contribution in [0.4, 0.5) is 0 Å². The average Bonchev–Trinajstić information content (AvgIpc) is 3.04. The van der Waals surface area contributed by atoms with Crippen LogP contribution in [-0.4, -0.2) is 24.2 Å². The van der Waals surface area contributed by atoms with E-state index < -0.39 is 0 Å². The first-order valence-corrected chi connectivity index (χ1v) is 10.3. The Hall–Kier alpha value is -1.55. The molecule has 1 heterocycles. The van der Waals surface area contributed by atoms with Crippen molar-refractivity contribution in [3.63, 3.8) is 0 Å². The fraction of sp³-hybridized carbons (Fsp3) is 0.682. The number of carbonyl (C=O) groups excluding carboxylic acids is 1. The minimum Gasteiger partial charge on any atom is -0.485 e. The maximum absolute atomic E-state index is 11.7. The zero-order valence-corrected chi connectivity index (χ0v) is 16.9. The highest BCUT2D eigenvalue weighted by atomic mass is 16.5. The van der Waals surface area contributed by atoms with E-state index in [0.29, 0.717) is 11.3 Å². The molecule has 1 aliphatic heterocycles. The number of Topliss-reactive ketones (excluding diaryl/α,β-unsaturated/α-hetero) is 1. The average molecular weight is 362 g/mol. The van der Waals surface area contributed by atoms with E-state index in [-0.39, 0.29) is 24.2 Å². The van der Waals surface area contributed by atoms with E-state index >= 15 is 0 Å². The molecule has 0 spiro atoms. The van der Waals surface area contributed by atoms with E-state index in [0.717, 1.165) is 25.0 Å². The van der Waals surface area contributed by atoms with Crippen LogP contribution >= 0.6 is 0 Å². The van der Waals surface area contributed by atoms with Gasteiger partial charge in [-0.25, -0.2) is 0 Å². The molecule has 0 saturated heterocycles. The van der Waals surface area contributed by atoms with E-state index in [2.05, 4.69) is 33.0 Å². The van der Waals surface area contributed by atoms with Gasteiger partial charge in [0, 0.05) is 11.6 Å². The minimum atomic E-state index is -0.0452. The minimum absolute atomic E-state index is 0.0415. The van der Waals surface area contributed by atoms with Crippen molar-refractivity contribution in [3.05, 3.63) is 23.8 Å². The number of carbonyl (C=O) groups is 1. The summed E-state index contributed by atoms with van der Waals surface area (Å²) >= 11 is 0. The van der Waals surface area contributed by atoms with Gasteiger partial charge in [0.25, 0.3) is 0 Å². The molecule has 1 N–H and O–H groups in total. The number of rotatable bonds is 12. The molecule has 0 radical (unpaired) electrons. The summed E-state index contributed by atoms with van der Waals surface area (Å²) in [6.45, 7) is 9.05. The quantitative estimate of drug-likeness (QED) is 0.395.